The van der Waals surface area contributed by atoms with Crippen molar-refractivity contribution in [3.63, 3.8) is 0 Å². The quantitative estimate of drug-likeness (QED) is 0.224. The third-order valence-electron chi connectivity index (χ3n) is 10.4. The maximum Gasteiger partial charge on any atom is 0.256 e. The first kappa shape index (κ1) is 27.9. The number of halogens is 2. The number of piperidine rings is 2. The number of carbonyl (C=O) groups is 1. The SMILES string of the molecule is Cc1nc2ccccc2n1C1C[C@H]2CC[C@@H](C1)N2CCC1(c2ccccc2)CCN(C(=O)c2c(Cl)cccc2Cl)CC1. The summed E-state index contributed by atoms with van der Waals surface area (Å²) in [5, 5.41) is 0.843. The van der Waals surface area contributed by atoms with E-state index >= 15 is 0 Å². The summed E-state index contributed by atoms with van der Waals surface area (Å²) in [6.45, 7) is 4.67. The van der Waals surface area contributed by atoms with Crippen molar-refractivity contribution in [2.75, 3.05) is 19.6 Å². The van der Waals surface area contributed by atoms with Crippen LogP contribution in [0.1, 0.15) is 72.7 Å². The van der Waals surface area contributed by atoms with Crippen LogP contribution in [0.15, 0.2) is 72.8 Å². The Morgan fingerprint density at radius 1 is 0.857 bits per heavy atom. The highest BCUT2D eigenvalue weighted by Crippen LogP contribution is 2.45. The zero-order valence-electron chi connectivity index (χ0n) is 24.2. The van der Waals surface area contributed by atoms with Gasteiger partial charge in [-0.15, -0.1) is 0 Å². The third kappa shape index (κ3) is 4.94. The number of rotatable bonds is 6. The van der Waals surface area contributed by atoms with Crippen molar-refractivity contribution in [3.05, 3.63) is 99.8 Å². The number of amides is 1. The number of hydrogen-bond acceptors (Lipinski definition) is 3. The van der Waals surface area contributed by atoms with Gasteiger partial charge in [0.2, 0.25) is 0 Å². The number of nitrogens with zero attached hydrogens (tertiary/aromatic N) is 4. The number of fused-ring (bicyclic) bond motifs is 3. The van der Waals surface area contributed by atoms with E-state index in [1.54, 1.807) is 18.2 Å². The Morgan fingerprint density at radius 3 is 2.19 bits per heavy atom. The van der Waals surface area contributed by atoms with Gasteiger partial charge in [-0.25, -0.2) is 4.98 Å². The van der Waals surface area contributed by atoms with Gasteiger partial charge in [-0.1, -0.05) is 71.7 Å². The second kappa shape index (κ2) is 11.3. The monoisotopic (exact) mass is 600 g/mol. The molecular formula is C35H38Cl2N4O. The number of aromatic nitrogens is 2. The van der Waals surface area contributed by atoms with E-state index in [9.17, 15) is 4.79 Å². The Bertz CT molecular complexity index is 1560. The highest BCUT2D eigenvalue weighted by atomic mass is 35.5. The van der Waals surface area contributed by atoms with Crippen molar-refractivity contribution < 1.29 is 4.79 Å². The van der Waals surface area contributed by atoms with E-state index in [0.29, 0.717) is 46.8 Å². The van der Waals surface area contributed by atoms with Crippen molar-refractivity contribution in [1.29, 1.82) is 0 Å². The lowest BCUT2D eigenvalue weighted by atomic mass is 9.70. The average Bonchev–Trinajstić information content (AvgIpc) is 3.47. The van der Waals surface area contributed by atoms with E-state index in [4.69, 9.17) is 28.2 Å². The van der Waals surface area contributed by atoms with Crippen LogP contribution in [-0.4, -0.2) is 57.0 Å². The number of imidazole rings is 1. The molecule has 3 fully saturated rings. The smallest absolute Gasteiger partial charge is 0.256 e. The molecule has 42 heavy (non-hydrogen) atoms. The van der Waals surface area contributed by atoms with Gasteiger partial charge in [-0.2, -0.15) is 0 Å². The summed E-state index contributed by atoms with van der Waals surface area (Å²) in [5.74, 6) is 1.08. The molecule has 0 aliphatic carbocycles. The Morgan fingerprint density at radius 2 is 1.50 bits per heavy atom. The first-order valence-electron chi connectivity index (χ1n) is 15.4. The molecule has 5 nitrogen and oxygen atoms in total. The van der Waals surface area contributed by atoms with E-state index in [-0.39, 0.29) is 11.3 Å². The van der Waals surface area contributed by atoms with Gasteiger partial charge >= 0.3 is 0 Å². The fourth-order valence-electron chi connectivity index (χ4n) is 8.26. The summed E-state index contributed by atoms with van der Waals surface area (Å²) in [6, 6.07) is 26.6. The van der Waals surface area contributed by atoms with Gasteiger partial charge in [0.25, 0.3) is 5.91 Å². The summed E-state index contributed by atoms with van der Waals surface area (Å²) >= 11 is 12.8. The summed E-state index contributed by atoms with van der Waals surface area (Å²) in [6.07, 6.45) is 7.94. The van der Waals surface area contributed by atoms with E-state index in [1.807, 2.05) is 4.90 Å². The number of carbonyl (C=O) groups excluding carboxylic acids is 1. The minimum absolute atomic E-state index is 0.0513. The van der Waals surface area contributed by atoms with Crippen LogP contribution in [0.25, 0.3) is 11.0 Å². The Kier molecular flexibility index (Phi) is 7.54. The molecular weight excluding hydrogens is 563 g/mol. The predicted octanol–water partition coefficient (Wildman–Crippen LogP) is 8.08. The Hall–Kier alpha value is -2.86. The molecule has 1 unspecified atom stereocenters. The van der Waals surface area contributed by atoms with E-state index in [2.05, 4.69) is 71.0 Å². The van der Waals surface area contributed by atoms with Crippen LogP contribution < -0.4 is 0 Å². The molecule has 4 heterocycles. The fraction of sp³-hybridized carbons (Fsp3) is 0.429. The lowest BCUT2D eigenvalue weighted by molar-refractivity contribution is 0.0607. The number of hydrogen-bond donors (Lipinski definition) is 0. The third-order valence-corrected chi connectivity index (χ3v) is 11.0. The molecule has 0 spiro atoms. The average molecular weight is 602 g/mol. The molecule has 3 aliphatic rings. The summed E-state index contributed by atoms with van der Waals surface area (Å²) in [4.78, 5) is 23.1. The fourth-order valence-corrected chi connectivity index (χ4v) is 8.82. The van der Waals surface area contributed by atoms with E-state index in [0.717, 1.165) is 37.1 Å². The standard InChI is InChI=1S/C35H38Cl2N4O/c1-24-38-31-12-5-6-13-32(31)41(24)28-22-26-14-15-27(23-28)40(26)21-18-35(25-8-3-2-4-9-25)16-19-39(20-17-35)34(42)33-29(36)10-7-11-30(33)37/h2-13,26-28H,14-23H2,1H3/t26-,27+,28?. The molecule has 1 amide bonds. The van der Waals surface area contributed by atoms with E-state index in [1.165, 1.54) is 36.8 Å². The second-order valence-corrected chi connectivity index (χ2v) is 13.4. The van der Waals surface area contributed by atoms with Gasteiger partial charge in [-0.05, 0) is 93.7 Å². The molecule has 0 N–H and O–H groups in total. The molecule has 3 aromatic carbocycles. The molecule has 0 saturated carbocycles. The van der Waals surface area contributed by atoms with Gasteiger partial charge < -0.3 is 9.47 Å². The molecule has 1 aromatic heterocycles. The van der Waals surface area contributed by atoms with Crippen molar-refractivity contribution in [2.24, 2.45) is 0 Å². The lowest BCUT2D eigenvalue weighted by Crippen LogP contribution is -2.49. The molecule has 4 aromatic rings. The zero-order valence-corrected chi connectivity index (χ0v) is 25.7. The summed E-state index contributed by atoms with van der Waals surface area (Å²) in [7, 11) is 0. The van der Waals surface area contributed by atoms with Crippen LogP contribution in [0, 0.1) is 6.92 Å². The van der Waals surface area contributed by atoms with Crippen molar-refractivity contribution in [2.45, 2.75) is 75.4 Å². The van der Waals surface area contributed by atoms with Crippen LogP contribution in [0.2, 0.25) is 10.0 Å². The summed E-state index contributed by atoms with van der Waals surface area (Å²) < 4.78 is 2.52. The number of benzene rings is 3. The molecule has 218 valence electrons. The first-order chi connectivity index (χ1) is 20.4. The number of aryl methyl sites for hydroxylation is 1. The van der Waals surface area contributed by atoms with Gasteiger partial charge in [0.1, 0.15) is 5.82 Å². The largest absolute Gasteiger partial charge is 0.338 e. The minimum atomic E-state index is -0.0605. The highest BCUT2D eigenvalue weighted by Gasteiger charge is 2.44. The lowest BCUT2D eigenvalue weighted by Gasteiger charge is -2.45. The van der Waals surface area contributed by atoms with Gasteiger partial charge in [0.15, 0.2) is 0 Å². The normalized spacial score (nSPS) is 23.9. The molecule has 0 radical (unpaired) electrons. The van der Waals surface area contributed by atoms with E-state index < -0.39 is 0 Å². The minimum Gasteiger partial charge on any atom is -0.338 e. The summed E-state index contributed by atoms with van der Waals surface area (Å²) in [5.41, 5.74) is 4.26. The van der Waals surface area contributed by atoms with Gasteiger partial charge in [0.05, 0.1) is 26.6 Å². The van der Waals surface area contributed by atoms with Crippen LogP contribution in [-0.2, 0) is 5.41 Å². The zero-order chi connectivity index (χ0) is 28.8. The maximum atomic E-state index is 13.5. The highest BCUT2D eigenvalue weighted by molar-refractivity contribution is 6.39. The van der Waals surface area contributed by atoms with Gasteiger partial charge in [0, 0.05) is 31.2 Å². The van der Waals surface area contributed by atoms with Crippen LogP contribution >= 0.6 is 23.2 Å². The molecule has 3 atom stereocenters. The number of likely N-dealkylation sites (tertiary alicyclic amines) is 1. The molecule has 7 heteroatoms. The van der Waals surface area contributed by atoms with Crippen molar-refractivity contribution >= 4 is 40.1 Å². The van der Waals surface area contributed by atoms with Crippen LogP contribution in [0.3, 0.4) is 0 Å². The van der Waals surface area contributed by atoms with Crippen LogP contribution in [0.5, 0.6) is 0 Å². The Labute approximate surface area is 258 Å². The Balaban J connectivity index is 1.07. The molecule has 7 rings (SSSR count). The molecule has 2 bridgehead atoms. The van der Waals surface area contributed by atoms with Crippen LogP contribution in [0.4, 0.5) is 0 Å². The van der Waals surface area contributed by atoms with Gasteiger partial charge in [-0.3, -0.25) is 9.69 Å². The number of para-hydroxylation sites is 2. The molecule has 3 aliphatic heterocycles. The van der Waals surface area contributed by atoms with Crippen molar-refractivity contribution in [1.82, 2.24) is 19.4 Å². The molecule has 3 saturated heterocycles. The second-order valence-electron chi connectivity index (χ2n) is 12.6. The predicted molar refractivity (Wildman–Crippen MR) is 171 cm³/mol. The topological polar surface area (TPSA) is 41.4 Å². The van der Waals surface area contributed by atoms with Crippen molar-refractivity contribution in [3.8, 4) is 0 Å². The maximum absolute atomic E-state index is 13.5. The first-order valence-corrected chi connectivity index (χ1v) is 16.2.